The maximum atomic E-state index is 13.6. The summed E-state index contributed by atoms with van der Waals surface area (Å²) in [5, 5.41) is 15.7. The zero-order valence-corrected chi connectivity index (χ0v) is 25.0. The number of anilines is 2. The Morgan fingerprint density at radius 3 is 2.71 bits per heavy atom. The van der Waals surface area contributed by atoms with Crippen LogP contribution in [0.5, 0.6) is 5.75 Å². The normalized spacial score (nSPS) is 15.0. The van der Waals surface area contributed by atoms with E-state index < -0.39 is 38.1 Å². The highest BCUT2D eigenvalue weighted by Crippen LogP contribution is 2.56. The predicted octanol–water partition coefficient (Wildman–Crippen LogP) is 4.69. The molecular formula is C26H27N5O8S3. The Balaban J connectivity index is 1.54. The minimum Gasteiger partial charge on any atom is -0.506 e. The molecule has 5 N–H and O–H groups in total. The Morgan fingerprint density at radius 1 is 1.24 bits per heavy atom. The fourth-order valence-corrected chi connectivity index (χ4v) is 7.96. The molecule has 0 amide bonds. The lowest BCUT2D eigenvalue weighted by molar-refractivity contribution is 0.0602. The number of carbonyl (C=O) groups is 1. The van der Waals surface area contributed by atoms with Crippen molar-refractivity contribution in [3.63, 3.8) is 0 Å². The molecule has 0 atom stereocenters. The van der Waals surface area contributed by atoms with E-state index >= 15 is 0 Å². The van der Waals surface area contributed by atoms with Gasteiger partial charge in [-0.3, -0.25) is 23.2 Å². The molecular weight excluding hydrogens is 607 g/mol. The Hall–Kier alpha value is -3.96. The molecule has 1 aromatic carbocycles. The molecule has 0 unspecified atom stereocenters. The maximum absolute atomic E-state index is 13.6. The van der Waals surface area contributed by atoms with E-state index in [1.165, 1.54) is 40.4 Å². The number of nitrogens with zero attached hydrogens (tertiary/aromatic N) is 3. The van der Waals surface area contributed by atoms with Gasteiger partial charge in [-0.1, -0.05) is 24.6 Å². The first-order chi connectivity index (χ1) is 19.8. The van der Waals surface area contributed by atoms with E-state index in [1.54, 1.807) is 12.1 Å². The number of hydrogen-bond donors (Lipinski definition) is 5. The average molecular weight is 634 g/mol. The SMILES string of the molecule is COC(=O)c1sccc1S(=O)(=O)Nc1ccc2c(c1)S(O)(O)N=C(c1c(O)c3cccnc3n(CCC(C)C)c1=O)N2. The zero-order chi connectivity index (χ0) is 30.4. The lowest BCUT2D eigenvalue weighted by Gasteiger charge is -2.34. The summed E-state index contributed by atoms with van der Waals surface area (Å²) < 4.78 is 60.5. The van der Waals surface area contributed by atoms with Gasteiger partial charge in [-0.15, -0.1) is 15.7 Å². The van der Waals surface area contributed by atoms with Crippen molar-refractivity contribution in [2.24, 2.45) is 10.3 Å². The standard InChI is InChI=1S/C26H27N5O8S3/c1-14(2)8-11-31-24-16(5-4-10-27-24)21(32)20(25(31)33)23-28-17-7-6-15(13-19(17)42(37,38)30-23)29-41(35,36)18-9-12-40-22(18)26(34)39-3/h4-7,9-10,12-14,29,32,37-38H,8,11H2,1-3H3,(H,28,30). The van der Waals surface area contributed by atoms with Crippen molar-refractivity contribution in [1.29, 1.82) is 0 Å². The van der Waals surface area contributed by atoms with Gasteiger partial charge < -0.3 is 15.2 Å². The first kappa shape index (κ1) is 29.5. The van der Waals surface area contributed by atoms with Gasteiger partial charge in [-0.2, -0.15) is 0 Å². The Morgan fingerprint density at radius 2 is 2.00 bits per heavy atom. The number of carbonyl (C=O) groups excluding carboxylic acids is 1. The number of fused-ring (bicyclic) bond motifs is 2. The van der Waals surface area contributed by atoms with Crippen molar-refractivity contribution in [2.75, 3.05) is 17.1 Å². The van der Waals surface area contributed by atoms with Crippen LogP contribution in [0.1, 0.15) is 35.5 Å². The number of aromatic nitrogens is 2. The summed E-state index contributed by atoms with van der Waals surface area (Å²) in [5.41, 5.74) is -0.501. The number of aromatic hydroxyl groups is 1. The van der Waals surface area contributed by atoms with Crippen molar-refractivity contribution in [3.8, 4) is 5.75 Å². The summed E-state index contributed by atoms with van der Waals surface area (Å²) >= 11 is 0.900. The summed E-state index contributed by atoms with van der Waals surface area (Å²) in [4.78, 5) is 29.3. The van der Waals surface area contributed by atoms with E-state index in [9.17, 15) is 32.2 Å². The molecule has 0 spiro atoms. The molecule has 4 aromatic rings. The van der Waals surface area contributed by atoms with Crippen molar-refractivity contribution in [2.45, 2.75) is 36.6 Å². The highest BCUT2D eigenvalue weighted by atomic mass is 32.3. The number of rotatable bonds is 8. The molecule has 13 nitrogen and oxygen atoms in total. The van der Waals surface area contributed by atoms with Gasteiger partial charge in [0.05, 0.1) is 23.9 Å². The number of nitrogens with one attached hydrogen (secondary N) is 2. The van der Waals surface area contributed by atoms with E-state index in [2.05, 4.69) is 24.2 Å². The van der Waals surface area contributed by atoms with Crippen molar-refractivity contribution in [3.05, 3.63) is 68.8 Å². The Bertz CT molecular complexity index is 1910. The Kier molecular flexibility index (Phi) is 7.76. The zero-order valence-electron chi connectivity index (χ0n) is 22.6. The molecule has 42 heavy (non-hydrogen) atoms. The molecule has 0 bridgehead atoms. The van der Waals surface area contributed by atoms with Gasteiger partial charge >= 0.3 is 5.97 Å². The summed E-state index contributed by atoms with van der Waals surface area (Å²) in [6, 6.07) is 8.38. The van der Waals surface area contributed by atoms with Crippen molar-refractivity contribution >= 4 is 66.3 Å². The van der Waals surface area contributed by atoms with E-state index in [4.69, 9.17) is 0 Å². The number of sulfonamides is 1. The molecule has 3 aromatic heterocycles. The number of amidine groups is 1. The van der Waals surface area contributed by atoms with Gasteiger partial charge in [0, 0.05) is 12.7 Å². The Labute approximate surface area is 246 Å². The first-order valence-corrected chi connectivity index (χ1v) is 16.4. The average Bonchev–Trinajstić information content (AvgIpc) is 3.44. The van der Waals surface area contributed by atoms with Crippen molar-refractivity contribution < 1.29 is 32.2 Å². The van der Waals surface area contributed by atoms with Crippen LogP contribution < -0.4 is 15.6 Å². The maximum Gasteiger partial charge on any atom is 0.349 e. The molecule has 1 aliphatic heterocycles. The molecule has 5 rings (SSSR count). The smallest absolute Gasteiger partial charge is 0.349 e. The summed E-state index contributed by atoms with van der Waals surface area (Å²) in [7, 11) is -7.10. The third kappa shape index (κ3) is 5.34. The summed E-state index contributed by atoms with van der Waals surface area (Å²) in [5.74, 6) is -1.22. The van der Waals surface area contributed by atoms with E-state index in [1.807, 2.05) is 13.8 Å². The largest absolute Gasteiger partial charge is 0.506 e. The van der Waals surface area contributed by atoms with Crippen LogP contribution >= 0.6 is 22.1 Å². The molecule has 0 saturated carbocycles. The minimum atomic E-state index is -4.26. The van der Waals surface area contributed by atoms with Crippen LogP contribution in [-0.4, -0.2) is 51.1 Å². The fourth-order valence-electron chi connectivity index (χ4n) is 4.38. The van der Waals surface area contributed by atoms with Gasteiger partial charge in [0.2, 0.25) is 0 Å². The van der Waals surface area contributed by atoms with Crippen LogP contribution in [0.4, 0.5) is 11.4 Å². The number of ether oxygens (including phenoxy) is 1. The number of pyridine rings is 2. The van der Waals surface area contributed by atoms with Crippen LogP contribution in [0.15, 0.2) is 67.0 Å². The van der Waals surface area contributed by atoms with Crippen LogP contribution in [0, 0.1) is 5.92 Å². The molecule has 0 aliphatic carbocycles. The highest BCUT2D eigenvalue weighted by molar-refractivity contribution is 8.23. The fraction of sp³-hybridized carbons (Fsp3) is 0.231. The van der Waals surface area contributed by atoms with Gasteiger partial charge in [-0.25, -0.2) is 18.2 Å². The number of benzene rings is 1. The van der Waals surface area contributed by atoms with Gasteiger partial charge in [0.25, 0.3) is 15.6 Å². The number of hydrogen-bond acceptors (Lipinski definition) is 12. The molecule has 222 valence electrons. The van der Waals surface area contributed by atoms with Gasteiger partial charge in [0.15, 0.2) is 5.84 Å². The molecule has 0 saturated heterocycles. The molecule has 4 heterocycles. The second-order valence-corrected chi connectivity index (χ2v) is 14.0. The van der Waals surface area contributed by atoms with Crippen LogP contribution in [0.25, 0.3) is 11.0 Å². The molecule has 16 heteroatoms. The quantitative estimate of drug-likeness (QED) is 0.170. The lowest BCUT2D eigenvalue weighted by Crippen LogP contribution is -2.32. The summed E-state index contributed by atoms with van der Waals surface area (Å²) in [6.45, 7) is 4.32. The number of thiophene rings is 1. The minimum absolute atomic E-state index is 0.0353. The lowest BCUT2D eigenvalue weighted by atomic mass is 10.1. The summed E-state index contributed by atoms with van der Waals surface area (Å²) in [6.07, 6.45) is 2.16. The van der Waals surface area contributed by atoms with Crippen LogP contribution in [0.2, 0.25) is 0 Å². The van der Waals surface area contributed by atoms with Crippen molar-refractivity contribution in [1.82, 2.24) is 9.55 Å². The highest BCUT2D eigenvalue weighted by Gasteiger charge is 2.32. The van der Waals surface area contributed by atoms with Gasteiger partial charge in [0.1, 0.15) is 31.6 Å². The monoisotopic (exact) mass is 633 g/mol. The first-order valence-electron chi connectivity index (χ1n) is 12.5. The second-order valence-electron chi connectivity index (χ2n) is 9.74. The van der Waals surface area contributed by atoms with E-state index in [-0.39, 0.29) is 54.4 Å². The van der Waals surface area contributed by atoms with E-state index in [0.29, 0.717) is 13.0 Å². The third-order valence-electron chi connectivity index (χ3n) is 6.45. The van der Waals surface area contributed by atoms with Gasteiger partial charge in [-0.05, 0) is 54.1 Å². The number of esters is 1. The number of methoxy groups -OCH3 is 1. The van der Waals surface area contributed by atoms with Crippen LogP contribution in [-0.2, 0) is 21.3 Å². The van der Waals surface area contributed by atoms with Crippen LogP contribution in [0.3, 0.4) is 0 Å². The molecule has 1 aliphatic rings. The number of aryl methyl sites for hydroxylation is 1. The second kappa shape index (κ2) is 11.0. The predicted molar refractivity (Wildman–Crippen MR) is 161 cm³/mol. The third-order valence-corrected chi connectivity index (χ3v) is 10.3. The topological polar surface area (TPSA) is 192 Å². The molecule has 0 radical (unpaired) electrons. The molecule has 0 fully saturated rings. The van der Waals surface area contributed by atoms with E-state index in [0.717, 1.165) is 18.4 Å².